The summed E-state index contributed by atoms with van der Waals surface area (Å²) in [7, 11) is 0. The van der Waals surface area contributed by atoms with Crippen molar-refractivity contribution in [3.05, 3.63) is 53.1 Å². The van der Waals surface area contributed by atoms with E-state index in [2.05, 4.69) is 11.7 Å². The third-order valence-corrected chi connectivity index (χ3v) is 6.55. The zero-order chi connectivity index (χ0) is 36.8. The van der Waals surface area contributed by atoms with Crippen LogP contribution in [0.15, 0.2) is 36.4 Å². The third kappa shape index (κ3) is 7.82. The van der Waals surface area contributed by atoms with Gasteiger partial charge in [0.05, 0.1) is 17.7 Å². The largest absolute Gasteiger partial charge is 0.494 e. The van der Waals surface area contributed by atoms with Crippen LogP contribution in [0.25, 0.3) is 0 Å². The zero-order valence-electron chi connectivity index (χ0n) is 24.4. The van der Waals surface area contributed by atoms with Gasteiger partial charge < -0.3 is 14.2 Å². The molecule has 0 atom stereocenters. The molecule has 0 amide bonds. The molecule has 0 saturated carbocycles. The molecule has 0 aliphatic rings. The van der Waals surface area contributed by atoms with E-state index in [0.29, 0.717) is 18.4 Å². The van der Waals surface area contributed by atoms with Crippen molar-refractivity contribution in [3.8, 4) is 29.4 Å². The van der Waals surface area contributed by atoms with E-state index in [-0.39, 0.29) is 11.8 Å². The molecule has 48 heavy (non-hydrogen) atoms. The predicted octanol–water partition coefficient (Wildman–Crippen LogP) is 9.46. The molecule has 0 aliphatic carbocycles. The normalized spacial score (nSPS) is 13.0. The summed E-state index contributed by atoms with van der Waals surface area (Å²) in [5.74, 6) is -35.3. The van der Waals surface area contributed by atoms with E-state index < -0.39 is 64.4 Å². The number of nitrogens with zero attached hydrogens (tertiary/aromatic N) is 2. The fraction of sp³-hybridized carbons (Fsp3) is 0.483. The van der Waals surface area contributed by atoms with Crippen LogP contribution in [-0.4, -0.2) is 48.6 Å². The minimum Gasteiger partial charge on any atom is -0.494 e. The maximum Gasteiger partial charge on any atom is 0.471 e. The highest BCUT2D eigenvalue weighted by Gasteiger charge is 2.91. The van der Waals surface area contributed by atoms with E-state index in [0.717, 1.165) is 50.7 Å². The van der Waals surface area contributed by atoms with Crippen LogP contribution in [0, 0.1) is 22.7 Å². The Morgan fingerprint density at radius 1 is 0.646 bits per heavy atom. The van der Waals surface area contributed by atoms with Crippen molar-refractivity contribution in [2.24, 2.45) is 0 Å². The number of esters is 1. The van der Waals surface area contributed by atoms with Gasteiger partial charge in [0.15, 0.2) is 0 Å². The van der Waals surface area contributed by atoms with Crippen molar-refractivity contribution in [1.29, 1.82) is 10.5 Å². The van der Waals surface area contributed by atoms with Gasteiger partial charge >= 0.3 is 41.9 Å². The standard InChI is InChI=1S/C29H23F13N2O4/c1-2-3-4-5-6-7-14-46-17-8-10-18(11-9-17)47-23(45)19-12-13-22(21(16-44)20(19)15-43)48-29(41,42)27(36,37)25(32,33)24(30,31)26(34,35)28(38,39)40/h8-13H,2-7,14H2,1H3. The van der Waals surface area contributed by atoms with Gasteiger partial charge in [-0.15, -0.1) is 0 Å². The molecule has 0 aromatic heterocycles. The summed E-state index contributed by atoms with van der Waals surface area (Å²) < 4.78 is 188. The first-order valence-electron chi connectivity index (χ1n) is 13.6. The number of unbranched alkanes of at least 4 members (excludes halogenated alkanes) is 5. The van der Waals surface area contributed by atoms with Crippen molar-refractivity contribution in [2.45, 2.75) is 81.4 Å². The number of hydrogen-bond donors (Lipinski definition) is 0. The zero-order valence-corrected chi connectivity index (χ0v) is 24.4. The van der Waals surface area contributed by atoms with E-state index in [1.165, 1.54) is 24.3 Å². The lowest BCUT2D eigenvalue weighted by Gasteiger charge is -2.39. The van der Waals surface area contributed by atoms with Crippen LogP contribution in [0.1, 0.15) is 66.9 Å². The van der Waals surface area contributed by atoms with Gasteiger partial charge in [-0.2, -0.15) is 67.6 Å². The van der Waals surface area contributed by atoms with Gasteiger partial charge in [-0.25, -0.2) is 4.79 Å². The average molecular weight is 710 g/mol. The number of alkyl halides is 13. The molecule has 0 N–H and O–H groups in total. The number of carbonyl (C=O) groups is 1. The minimum absolute atomic E-state index is 0.0276. The Hall–Kier alpha value is -4.42. The lowest BCUT2D eigenvalue weighted by Crippen LogP contribution is -2.70. The Balaban J connectivity index is 2.29. The number of ether oxygens (including phenoxy) is 3. The van der Waals surface area contributed by atoms with E-state index in [9.17, 15) is 72.4 Å². The van der Waals surface area contributed by atoms with Crippen LogP contribution in [0.2, 0.25) is 0 Å². The van der Waals surface area contributed by atoms with Crippen LogP contribution in [0.4, 0.5) is 57.1 Å². The van der Waals surface area contributed by atoms with Crippen molar-refractivity contribution in [1.82, 2.24) is 0 Å². The monoisotopic (exact) mass is 710 g/mol. The first-order chi connectivity index (χ1) is 22.0. The van der Waals surface area contributed by atoms with Gasteiger partial charge in [-0.3, -0.25) is 0 Å². The van der Waals surface area contributed by atoms with Crippen molar-refractivity contribution < 1.29 is 76.1 Å². The van der Waals surface area contributed by atoms with E-state index in [4.69, 9.17) is 9.47 Å². The lowest BCUT2D eigenvalue weighted by atomic mass is 9.97. The summed E-state index contributed by atoms with van der Waals surface area (Å²) in [6.07, 6.45) is -8.59. The van der Waals surface area contributed by atoms with Gasteiger partial charge in [-0.1, -0.05) is 39.0 Å². The molecule has 0 saturated heterocycles. The number of nitriles is 2. The molecule has 0 unspecified atom stereocenters. The molecular formula is C29H23F13N2O4. The Morgan fingerprint density at radius 3 is 1.67 bits per heavy atom. The third-order valence-electron chi connectivity index (χ3n) is 6.55. The molecule has 0 bridgehead atoms. The fourth-order valence-corrected chi connectivity index (χ4v) is 3.86. The van der Waals surface area contributed by atoms with Crippen LogP contribution < -0.4 is 14.2 Å². The molecule has 0 spiro atoms. The summed E-state index contributed by atoms with van der Waals surface area (Å²) in [4.78, 5) is 12.7. The Labute approximate surface area is 263 Å². The smallest absolute Gasteiger partial charge is 0.471 e. The van der Waals surface area contributed by atoms with E-state index in [1.807, 2.05) is 0 Å². The Bertz CT molecular complexity index is 1510. The first kappa shape index (κ1) is 39.8. The highest BCUT2D eigenvalue weighted by atomic mass is 19.4. The fourth-order valence-electron chi connectivity index (χ4n) is 3.86. The van der Waals surface area contributed by atoms with Gasteiger partial charge in [0.25, 0.3) is 0 Å². The molecule has 2 aromatic rings. The second kappa shape index (κ2) is 14.8. The summed E-state index contributed by atoms with van der Waals surface area (Å²) in [5.41, 5.74) is -3.73. The maximum absolute atomic E-state index is 14.3. The van der Waals surface area contributed by atoms with Crippen LogP contribution in [0.3, 0.4) is 0 Å². The minimum atomic E-state index is -8.17. The molecular weight excluding hydrogens is 687 g/mol. The van der Waals surface area contributed by atoms with Crippen LogP contribution in [0.5, 0.6) is 17.2 Å². The molecule has 6 nitrogen and oxygen atoms in total. The summed E-state index contributed by atoms with van der Waals surface area (Å²) >= 11 is 0. The molecule has 0 fully saturated rings. The predicted molar refractivity (Wildman–Crippen MR) is 138 cm³/mol. The molecule has 2 aromatic carbocycles. The van der Waals surface area contributed by atoms with Crippen molar-refractivity contribution >= 4 is 5.97 Å². The van der Waals surface area contributed by atoms with Crippen LogP contribution >= 0.6 is 0 Å². The number of rotatable bonds is 16. The molecule has 0 radical (unpaired) electrons. The topological polar surface area (TPSA) is 92.3 Å². The van der Waals surface area contributed by atoms with Gasteiger partial charge in [0, 0.05) is 0 Å². The Morgan fingerprint density at radius 2 is 1.15 bits per heavy atom. The number of carbonyl (C=O) groups excluding carboxylic acids is 1. The second-order valence-corrected chi connectivity index (χ2v) is 9.98. The van der Waals surface area contributed by atoms with Crippen molar-refractivity contribution in [2.75, 3.05) is 6.61 Å². The molecule has 19 heteroatoms. The van der Waals surface area contributed by atoms with E-state index in [1.54, 1.807) is 0 Å². The summed E-state index contributed by atoms with van der Waals surface area (Å²) in [6, 6.07) is 7.67. The van der Waals surface area contributed by atoms with Gasteiger partial charge in [-0.05, 0) is 42.8 Å². The number of halogens is 13. The Kier molecular flexibility index (Phi) is 12.2. The maximum atomic E-state index is 14.3. The highest BCUT2D eigenvalue weighted by Crippen LogP contribution is 2.60. The molecule has 264 valence electrons. The van der Waals surface area contributed by atoms with Crippen LogP contribution in [-0.2, 0) is 0 Å². The first-order valence-corrected chi connectivity index (χ1v) is 13.6. The van der Waals surface area contributed by atoms with Gasteiger partial charge in [0.2, 0.25) is 0 Å². The quantitative estimate of drug-likeness (QED) is 0.0746. The molecule has 0 aliphatic heterocycles. The highest BCUT2D eigenvalue weighted by molar-refractivity contribution is 5.95. The molecule has 2 rings (SSSR count). The summed E-state index contributed by atoms with van der Waals surface area (Å²) in [5, 5.41) is 18.7. The molecule has 0 heterocycles. The van der Waals surface area contributed by atoms with E-state index >= 15 is 0 Å². The number of hydrogen-bond acceptors (Lipinski definition) is 6. The van der Waals surface area contributed by atoms with Crippen molar-refractivity contribution in [3.63, 3.8) is 0 Å². The second-order valence-electron chi connectivity index (χ2n) is 9.98. The number of benzene rings is 2. The van der Waals surface area contributed by atoms with Gasteiger partial charge in [0.1, 0.15) is 35.0 Å². The SMILES string of the molecule is CCCCCCCCOc1ccc(OC(=O)c2ccc(OC(F)(F)C(F)(F)C(F)(F)C(F)(F)C(F)(F)C(F)(F)F)c(C#N)c2C#N)cc1. The lowest BCUT2D eigenvalue weighted by molar-refractivity contribution is -0.456. The summed E-state index contributed by atoms with van der Waals surface area (Å²) in [6.45, 7) is 2.46. The average Bonchev–Trinajstić information content (AvgIpc) is 2.99.